The Morgan fingerprint density at radius 2 is 2.00 bits per heavy atom. The summed E-state index contributed by atoms with van der Waals surface area (Å²) in [5, 5.41) is 0. The third-order valence-electron chi connectivity index (χ3n) is 6.07. The standard InChI is InChI=1S/C25H28FN3O/c1-5-18-12-14-28(16-18)17(2)19-8-10-20(11-9-19)21-7-6-13-29-23(30)15-22(25(3,4)26)27-24(21)29/h6-11,13,15,18H,2,5,12,14,16H2,1,3-4H3. The molecular formula is C25H28FN3O. The van der Waals surface area contributed by atoms with E-state index >= 15 is 0 Å². The zero-order valence-electron chi connectivity index (χ0n) is 17.9. The lowest BCUT2D eigenvalue weighted by atomic mass is 10.0. The maximum Gasteiger partial charge on any atom is 0.258 e. The van der Waals surface area contributed by atoms with Crippen LogP contribution in [0.15, 0.2) is 60.0 Å². The van der Waals surface area contributed by atoms with E-state index in [0.29, 0.717) is 5.65 Å². The number of rotatable bonds is 5. The summed E-state index contributed by atoms with van der Waals surface area (Å²) >= 11 is 0. The van der Waals surface area contributed by atoms with E-state index in [-0.39, 0.29) is 11.3 Å². The molecule has 1 aliphatic rings. The van der Waals surface area contributed by atoms with Crippen molar-refractivity contribution in [3.8, 4) is 11.1 Å². The minimum atomic E-state index is -1.69. The van der Waals surface area contributed by atoms with Crippen LogP contribution in [0.5, 0.6) is 0 Å². The Kier molecular flexibility index (Phi) is 5.22. The lowest BCUT2D eigenvalue weighted by Crippen LogP contribution is -2.21. The Morgan fingerprint density at radius 3 is 2.63 bits per heavy atom. The summed E-state index contributed by atoms with van der Waals surface area (Å²) in [6, 6.07) is 13.1. The van der Waals surface area contributed by atoms with Crippen molar-refractivity contribution in [3.63, 3.8) is 0 Å². The number of benzene rings is 1. The average molecular weight is 406 g/mol. The summed E-state index contributed by atoms with van der Waals surface area (Å²) in [6.07, 6.45) is 4.09. The number of hydrogen-bond donors (Lipinski definition) is 0. The molecule has 2 aromatic heterocycles. The zero-order valence-corrected chi connectivity index (χ0v) is 17.9. The minimum absolute atomic E-state index is 0.143. The molecule has 0 saturated carbocycles. The summed E-state index contributed by atoms with van der Waals surface area (Å²) in [4.78, 5) is 19.4. The van der Waals surface area contributed by atoms with Gasteiger partial charge in [-0.2, -0.15) is 0 Å². The zero-order chi connectivity index (χ0) is 21.5. The van der Waals surface area contributed by atoms with E-state index in [1.807, 2.05) is 24.3 Å². The van der Waals surface area contributed by atoms with Gasteiger partial charge in [0.2, 0.25) is 0 Å². The van der Waals surface area contributed by atoms with E-state index in [1.54, 1.807) is 6.20 Å². The molecule has 1 saturated heterocycles. The van der Waals surface area contributed by atoms with E-state index in [4.69, 9.17) is 0 Å². The van der Waals surface area contributed by atoms with Gasteiger partial charge in [-0.05, 0) is 49.4 Å². The minimum Gasteiger partial charge on any atom is -0.371 e. The van der Waals surface area contributed by atoms with Crippen molar-refractivity contribution >= 4 is 11.3 Å². The lowest BCUT2D eigenvalue weighted by Gasteiger charge is -2.21. The first kappa shape index (κ1) is 20.3. The first-order chi connectivity index (χ1) is 14.3. The summed E-state index contributed by atoms with van der Waals surface area (Å²) in [5.74, 6) is 0.745. The average Bonchev–Trinajstić information content (AvgIpc) is 3.22. The molecular weight excluding hydrogens is 377 g/mol. The number of likely N-dealkylation sites (tertiary alicyclic amines) is 1. The van der Waals surface area contributed by atoms with Crippen LogP contribution in [0.3, 0.4) is 0 Å². The van der Waals surface area contributed by atoms with Gasteiger partial charge in [-0.25, -0.2) is 9.37 Å². The van der Waals surface area contributed by atoms with Crippen LogP contribution in [0, 0.1) is 5.92 Å². The Hall–Kier alpha value is -2.95. The fraction of sp³-hybridized carbons (Fsp3) is 0.360. The molecule has 5 heteroatoms. The van der Waals surface area contributed by atoms with E-state index in [1.165, 1.54) is 37.2 Å². The molecule has 1 fully saturated rings. The Bertz CT molecular complexity index is 1140. The van der Waals surface area contributed by atoms with Gasteiger partial charge in [0.15, 0.2) is 0 Å². The second-order valence-corrected chi connectivity index (χ2v) is 8.60. The molecule has 3 aromatic rings. The summed E-state index contributed by atoms with van der Waals surface area (Å²) in [7, 11) is 0. The monoisotopic (exact) mass is 405 g/mol. The van der Waals surface area contributed by atoms with Gasteiger partial charge in [0, 0.05) is 36.6 Å². The Labute approximate surface area is 176 Å². The smallest absolute Gasteiger partial charge is 0.258 e. The number of hydrogen-bond acceptors (Lipinski definition) is 3. The Morgan fingerprint density at radius 1 is 1.27 bits per heavy atom. The van der Waals surface area contributed by atoms with Crippen LogP contribution in [0.4, 0.5) is 4.39 Å². The molecule has 156 valence electrons. The predicted octanol–water partition coefficient (Wildman–Crippen LogP) is 5.27. The second-order valence-electron chi connectivity index (χ2n) is 8.60. The first-order valence-electron chi connectivity index (χ1n) is 10.5. The molecule has 4 rings (SSSR count). The number of aromatic nitrogens is 2. The van der Waals surface area contributed by atoms with E-state index in [9.17, 15) is 9.18 Å². The maximum absolute atomic E-state index is 14.5. The molecule has 0 amide bonds. The van der Waals surface area contributed by atoms with Gasteiger partial charge in [0.25, 0.3) is 5.56 Å². The maximum atomic E-state index is 14.5. The molecule has 3 heterocycles. The van der Waals surface area contributed by atoms with Crippen LogP contribution >= 0.6 is 0 Å². The fourth-order valence-electron chi connectivity index (χ4n) is 4.09. The molecule has 1 aliphatic heterocycles. The topological polar surface area (TPSA) is 37.6 Å². The Balaban J connectivity index is 1.70. The SMILES string of the molecule is C=C(c1ccc(-c2cccn3c(=O)cc(C(C)(C)F)nc23)cc1)N1CCC(CC)C1. The number of alkyl halides is 1. The molecule has 1 atom stereocenters. The van der Waals surface area contributed by atoms with Crippen LogP contribution in [0.2, 0.25) is 0 Å². The van der Waals surface area contributed by atoms with Gasteiger partial charge in [0.05, 0.1) is 5.69 Å². The van der Waals surface area contributed by atoms with Gasteiger partial charge in [-0.3, -0.25) is 9.20 Å². The van der Waals surface area contributed by atoms with Crippen LogP contribution in [-0.4, -0.2) is 27.4 Å². The third kappa shape index (κ3) is 3.76. The summed E-state index contributed by atoms with van der Waals surface area (Å²) < 4.78 is 15.9. The molecule has 30 heavy (non-hydrogen) atoms. The van der Waals surface area contributed by atoms with Crippen molar-refractivity contribution in [1.82, 2.24) is 14.3 Å². The lowest BCUT2D eigenvalue weighted by molar-refractivity contribution is 0.214. The van der Waals surface area contributed by atoms with Gasteiger partial charge < -0.3 is 4.90 Å². The quantitative estimate of drug-likeness (QED) is 0.580. The van der Waals surface area contributed by atoms with E-state index in [2.05, 4.69) is 35.5 Å². The molecule has 1 aromatic carbocycles. The highest BCUT2D eigenvalue weighted by Crippen LogP contribution is 2.30. The molecule has 0 N–H and O–H groups in total. The van der Waals surface area contributed by atoms with Crippen molar-refractivity contribution < 1.29 is 4.39 Å². The molecule has 1 unspecified atom stereocenters. The summed E-state index contributed by atoms with van der Waals surface area (Å²) in [6.45, 7) is 11.5. The normalized spacial score (nSPS) is 16.9. The van der Waals surface area contributed by atoms with Crippen LogP contribution in [0.1, 0.15) is 44.9 Å². The summed E-state index contributed by atoms with van der Waals surface area (Å²) in [5.41, 5.74) is 2.49. The molecule has 0 radical (unpaired) electrons. The molecule has 0 spiro atoms. The van der Waals surface area contributed by atoms with Crippen LogP contribution in [0.25, 0.3) is 22.5 Å². The second kappa shape index (κ2) is 7.71. The largest absolute Gasteiger partial charge is 0.371 e. The highest BCUT2D eigenvalue weighted by Gasteiger charge is 2.24. The van der Waals surface area contributed by atoms with Crippen molar-refractivity contribution in [2.75, 3.05) is 13.1 Å². The van der Waals surface area contributed by atoms with E-state index in [0.717, 1.165) is 41.4 Å². The van der Waals surface area contributed by atoms with Crippen molar-refractivity contribution in [3.05, 3.63) is 76.9 Å². The molecule has 4 nitrogen and oxygen atoms in total. The van der Waals surface area contributed by atoms with Crippen molar-refractivity contribution in [2.45, 2.75) is 39.3 Å². The molecule has 0 bridgehead atoms. The van der Waals surface area contributed by atoms with Crippen molar-refractivity contribution in [1.29, 1.82) is 0 Å². The van der Waals surface area contributed by atoms with Crippen LogP contribution < -0.4 is 5.56 Å². The van der Waals surface area contributed by atoms with Gasteiger partial charge in [-0.15, -0.1) is 0 Å². The van der Waals surface area contributed by atoms with Gasteiger partial charge >= 0.3 is 0 Å². The van der Waals surface area contributed by atoms with Crippen molar-refractivity contribution in [2.24, 2.45) is 5.92 Å². The number of halogens is 1. The van der Waals surface area contributed by atoms with Gasteiger partial charge in [0.1, 0.15) is 11.3 Å². The fourth-order valence-corrected chi connectivity index (χ4v) is 4.09. The molecule has 0 aliphatic carbocycles. The van der Waals surface area contributed by atoms with E-state index < -0.39 is 5.67 Å². The first-order valence-corrected chi connectivity index (χ1v) is 10.5. The number of fused-ring (bicyclic) bond motifs is 1. The predicted molar refractivity (Wildman–Crippen MR) is 120 cm³/mol. The highest BCUT2D eigenvalue weighted by atomic mass is 19.1. The highest BCUT2D eigenvalue weighted by molar-refractivity contribution is 5.78. The van der Waals surface area contributed by atoms with Gasteiger partial charge in [-0.1, -0.05) is 44.2 Å². The third-order valence-corrected chi connectivity index (χ3v) is 6.07. The number of pyridine rings is 1. The van der Waals surface area contributed by atoms with Crippen LogP contribution in [-0.2, 0) is 5.67 Å². The number of nitrogens with zero attached hydrogens (tertiary/aromatic N) is 3.